The Morgan fingerprint density at radius 2 is 1.88 bits per heavy atom. The number of hydrogen-bond donors (Lipinski definition) is 2. The monoisotopic (exact) mass is 354 g/mol. The van der Waals surface area contributed by atoms with Gasteiger partial charge in [-0.3, -0.25) is 19.3 Å². The number of benzene rings is 2. The Bertz CT molecular complexity index is 864. The van der Waals surface area contributed by atoms with Crippen molar-refractivity contribution in [1.29, 1.82) is 0 Å². The summed E-state index contributed by atoms with van der Waals surface area (Å²) in [5.74, 6) is -0.913. The molecular formula is C18H14N2O4S. The molecule has 126 valence electrons. The predicted molar refractivity (Wildman–Crippen MR) is 95.9 cm³/mol. The van der Waals surface area contributed by atoms with Gasteiger partial charge in [0.1, 0.15) is 12.3 Å². The minimum atomic E-state index is -0.526. The van der Waals surface area contributed by atoms with E-state index in [2.05, 4.69) is 5.32 Å². The van der Waals surface area contributed by atoms with Crippen LogP contribution in [-0.4, -0.2) is 33.6 Å². The molecule has 1 aliphatic rings. The first-order chi connectivity index (χ1) is 12.0. The number of phenols is 1. The second-order valence-corrected chi connectivity index (χ2v) is 6.27. The van der Waals surface area contributed by atoms with E-state index in [0.29, 0.717) is 11.3 Å². The molecule has 1 fully saturated rings. The van der Waals surface area contributed by atoms with Crippen LogP contribution in [0.3, 0.4) is 0 Å². The van der Waals surface area contributed by atoms with Crippen LogP contribution in [0.4, 0.5) is 10.5 Å². The molecule has 1 heterocycles. The summed E-state index contributed by atoms with van der Waals surface area (Å²) in [6, 6.07) is 15.1. The van der Waals surface area contributed by atoms with Crippen LogP contribution >= 0.6 is 11.8 Å². The lowest BCUT2D eigenvalue weighted by atomic mass is 10.2. The largest absolute Gasteiger partial charge is 0.508 e. The van der Waals surface area contributed by atoms with E-state index in [1.807, 2.05) is 6.07 Å². The maximum atomic E-state index is 12.4. The summed E-state index contributed by atoms with van der Waals surface area (Å²) in [5.41, 5.74) is 1.19. The van der Waals surface area contributed by atoms with Crippen molar-refractivity contribution in [2.45, 2.75) is 0 Å². The normalized spacial score (nSPS) is 15.7. The third kappa shape index (κ3) is 4.07. The number of hydrogen-bond acceptors (Lipinski definition) is 5. The molecule has 2 N–H and O–H groups in total. The number of nitrogens with zero attached hydrogens (tertiary/aromatic N) is 1. The van der Waals surface area contributed by atoms with Crippen molar-refractivity contribution in [1.82, 2.24) is 4.90 Å². The predicted octanol–water partition coefficient (Wildman–Crippen LogP) is 3.07. The van der Waals surface area contributed by atoms with Crippen LogP contribution in [0, 0.1) is 0 Å². The highest BCUT2D eigenvalue weighted by Crippen LogP contribution is 2.32. The molecule has 1 aliphatic heterocycles. The van der Waals surface area contributed by atoms with E-state index in [-0.39, 0.29) is 17.2 Å². The van der Waals surface area contributed by atoms with Crippen molar-refractivity contribution >= 4 is 40.6 Å². The molecule has 0 unspecified atom stereocenters. The topological polar surface area (TPSA) is 86.7 Å². The van der Waals surface area contributed by atoms with Gasteiger partial charge in [0.05, 0.1) is 4.91 Å². The van der Waals surface area contributed by atoms with Crippen LogP contribution in [0.15, 0.2) is 59.5 Å². The third-order valence-corrected chi connectivity index (χ3v) is 4.31. The fraction of sp³-hybridized carbons (Fsp3) is 0.0556. The second-order valence-electron chi connectivity index (χ2n) is 5.28. The zero-order chi connectivity index (χ0) is 17.8. The minimum absolute atomic E-state index is 0.0650. The van der Waals surface area contributed by atoms with Gasteiger partial charge in [0.15, 0.2) is 0 Å². The Morgan fingerprint density at radius 3 is 2.60 bits per heavy atom. The fourth-order valence-corrected chi connectivity index (χ4v) is 3.11. The molecule has 0 saturated carbocycles. The number of rotatable bonds is 4. The molecule has 6 nitrogen and oxygen atoms in total. The first-order valence-corrected chi connectivity index (χ1v) is 8.24. The van der Waals surface area contributed by atoms with Crippen LogP contribution in [-0.2, 0) is 9.59 Å². The lowest BCUT2D eigenvalue weighted by Gasteiger charge is -2.12. The smallest absolute Gasteiger partial charge is 0.294 e. The van der Waals surface area contributed by atoms with Crippen molar-refractivity contribution in [3.05, 3.63) is 65.1 Å². The summed E-state index contributed by atoms with van der Waals surface area (Å²) in [5, 5.41) is 11.6. The van der Waals surface area contributed by atoms with Gasteiger partial charge in [-0.05, 0) is 47.7 Å². The maximum Gasteiger partial charge on any atom is 0.294 e. The molecular weight excluding hydrogens is 340 g/mol. The van der Waals surface area contributed by atoms with Gasteiger partial charge in [0.2, 0.25) is 5.91 Å². The van der Waals surface area contributed by atoms with Crippen molar-refractivity contribution < 1.29 is 19.5 Å². The van der Waals surface area contributed by atoms with Gasteiger partial charge in [-0.25, -0.2) is 0 Å². The van der Waals surface area contributed by atoms with Crippen LogP contribution in [0.2, 0.25) is 0 Å². The molecule has 3 rings (SSSR count). The SMILES string of the molecule is O=C(CN1C(=O)S/C(=C/c2cccc(O)c2)C1=O)Nc1ccccc1. The zero-order valence-corrected chi connectivity index (χ0v) is 13.8. The summed E-state index contributed by atoms with van der Waals surface area (Å²) in [4.78, 5) is 37.6. The van der Waals surface area contributed by atoms with Crippen LogP contribution in [0.1, 0.15) is 5.56 Å². The van der Waals surface area contributed by atoms with Crippen molar-refractivity contribution in [3.63, 3.8) is 0 Å². The van der Waals surface area contributed by atoms with Gasteiger partial charge in [0, 0.05) is 5.69 Å². The maximum absolute atomic E-state index is 12.4. The Hall–Kier alpha value is -3.06. The Morgan fingerprint density at radius 1 is 1.12 bits per heavy atom. The summed E-state index contributed by atoms with van der Waals surface area (Å²) in [7, 11) is 0. The molecule has 0 radical (unpaired) electrons. The van der Waals surface area contributed by atoms with E-state index in [4.69, 9.17) is 0 Å². The lowest BCUT2D eigenvalue weighted by molar-refractivity contribution is -0.127. The fourth-order valence-electron chi connectivity index (χ4n) is 2.27. The molecule has 7 heteroatoms. The van der Waals surface area contributed by atoms with E-state index in [1.54, 1.807) is 36.4 Å². The van der Waals surface area contributed by atoms with Gasteiger partial charge < -0.3 is 10.4 Å². The Kier molecular flexibility index (Phi) is 4.85. The molecule has 0 aliphatic carbocycles. The quantitative estimate of drug-likeness (QED) is 0.824. The number of amides is 3. The second kappa shape index (κ2) is 7.23. The van der Waals surface area contributed by atoms with Gasteiger partial charge >= 0.3 is 0 Å². The standard InChI is InChI=1S/C18H14N2O4S/c21-14-8-4-5-12(9-14)10-15-17(23)20(18(24)25-15)11-16(22)19-13-6-2-1-3-7-13/h1-10,21H,11H2,(H,19,22)/b15-10+. The average Bonchev–Trinajstić information content (AvgIpc) is 2.83. The van der Waals surface area contributed by atoms with E-state index < -0.39 is 17.1 Å². The minimum Gasteiger partial charge on any atom is -0.508 e. The number of para-hydroxylation sites is 1. The van der Waals surface area contributed by atoms with Crippen LogP contribution in [0.5, 0.6) is 5.75 Å². The highest BCUT2D eigenvalue weighted by molar-refractivity contribution is 8.18. The first kappa shape index (κ1) is 16.8. The zero-order valence-electron chi connectivity index (χ0n) is 13.0. The van der Waals surface area contributed by atoms with E-state index in [9.17, 15) is 19.5 Å². The molecule has 2 aromatic carbocycles. The van der Waals surface area contributed by atoms with E-state index >= 15 is 0 Å². The number of imide groups is 1. The number of anilines is 1. The molecule has 25 heavy (non-hydrogen) atoms. The number of carbonyl (C=O) groups excluding carboxylic acids is 3. The number of aromatic hydroxyl groups is 1. The number of phenolic OH excluding ortho intramolecular Hbond substituents is 1. The van der Waals surface area contributed by atoms with Crippen molar-refractivity contribution in [2.24, 2.45) is 0 Å². The summed E-state index contributed by atoms with van der Waals surface area (Å²) in [6.07, 6.45) is 1.51. The molecule has 0 bridgehead atoms. The first-order valence-electron chi connectivity index (χ1n) is 7.42. The molecule has 1 saturated heterocycles. The summed E-state index contributed by atoms with van der Waals surface area (Å²) >= 11 is 0.768. The Balaban J connectivity index is 1.70. The molecule has 3 amide bonds. The molecule has 0 aromatic heterocycles. The van der Waals surface area contributed by atoms with Crippen LogP contribution < -0.4 is 5.32 Å². The van der Waals surface area contributed by atoms with Gasteiger partial charge in [-0.2, -0.15) is 0 Å². The van der Waals surface area contributed by atoms with Gasteiger partial charge in [-0.15, -0.1) is 0 Å². The third-order valence-electron chi connectivity index (χ3n) is 3.40. The van der Waals surface area contributed by atoms with E-state index in [0.717, 1.165) is 16.7 Å². The van der Waals surface area contributed by atoms with Crippen molar-refractivity contribution in [2.75, 3.05) is 11.9 Å². The molecule has 0 atom stereocenters. The molecule has 2 aromatic rings. The van der Waals surface area contributed by atoms with Gasteiger partial charge in [-0.1, -0.05) is 30.3 Å². The Labute approximate surface area is 148 Å². The number of carbonyl (C=O) groups is 3. The number of thioether (sulfide) groups is 1. The summed E-state index contributed by atoms with van der Waals surface area (Å²) < 4.78 is 0. The summed E-state index contributed by atoms with van der Waals surface area (Å²) in [6.45, 7) is -0.350. The molecule has 0 spiro atoms. The highest BCUT2D eigenvalue weighted by atomic mass is 32.2. The highest BCUT2D eigenvalue weighted by Gasteiger charge is 2.36. The average molecular weight is 354 g/mol. The number of nitrogens with one attached hydrogen (secondary N) is 1. The van der Waals surface area contributed by atoms with Gasteiger partial charge in [0.25, 0.3) is 11.1 Å². The van der Waals surface area contributed by atoms with Crippen molar-refractivity contribution in [3.8, 4) is 5.75 Å². The lowest BCUT2D eigenvalue weighted by Crippen LogP contribution is -2.36. The van der Waals surface area contributed by atoms with E-state index in [1.165, 1.54) is 18.2 Å². The van der Waals surface area contributed by atoms with Crippen LogP contribution in [0.25, 0.3) is 6.08 Å².